The molecule has 1 saturated heterocycles. The van der Waals surface area contributed by atoms with Crippen LogP contribution in [0.25, 0.3) is 10.9 Å². The van der Waals surface area contributed by atoms with Crippen LogP contribution >= 0.6 is 27.5 Å². The van der Waals surface area contributed by atoms with Crippen LogP contribution in [0.3, 0.4) is 0 Å². The summed E-state index contributed by atoms with van der Waals surface area (Å²) in [5.41, 5.74) is 2.33. The smallest absolute Gasteiger partial charge is 0.268 e. The number of aromatic nitrogens is 1. The second-order valence-corrected chi connectivity index (χ2v) is 10.6. The Bertz CT molecular complexity index is 1150. The van der Waals surface area contributed by atoms with E-state index in [4.69, 9.17) is 11.6 Å². The van der Waals surface area contributed by atoms with Crippen LogP contribution in [0.1, 0.15) is 11.3 Å². The molecule has 0 bridgehead atoms. The summed E-state index contributed by atoms with van der Waals surface area (Å²) in [5, 5.41) is 1.41. The van der Waals surface area contributed by atoms with Gasteiger partial charge in [0, 0.05) is 48.3 Å². The molecule has 5 nitrogen and oxygen atoms in total. The molecule has 0 aliphatic carbocycles. The minimum Gasteiger partial charge on any atom is -0.304 e. The zero-order chi connectivity index (χ0) is 20.8. The lowest BCUT2D eigenvalue weighted by Gasteiger charge is -2.32. The van der Waals surface area contributed by atoms with Gasteiger partial charge < -0.3 is 4.90 Å². The van der Waals surface area contributed by atoms with E-state index in [0.29, 0.717) is 17.1 Å². The first-order valence-electron chi connectivity index (χ1n) is 9.49. The van der Waals surface area contributed by atoms with Gasteiger partial charge in [-0.15, -0.1) is 0 Å². The SMILES string of the molecule is Cc1c(CN2CCN(C)CC2)c2c(Cl)cccc2n1S(=O)(=O)c1ccc(Br)cc1. The van der Waals surface area contributed by atoms with Crippen molar-refractivity contribution < 1.29 is 8.42 Å². The summed E-state index contributed by atoms with van der Waals surface area (Å²) in [6.07, 6.45) is 0. The molecular formula is C21H23BrClN3O2S. The molecule has 0 radical (unpaired) electrons. The highest BCUT2D eigenvalue weighted by Gasteiger charge is 2.27. The fraction of sp³-hybridized carbons (Fsp3) is 0.333. The van der Waals surface area contributed by atoms with Crippen molar-refractivity contribution in [1.29, 1.82) is 0 Å². The van der Waals surface area contributed by atoms with E-state index in [-0.39, 0.29) is 4.90 Å². The van der Waals surface area contributed by atoms with Gasteiger partial charge in [-0.25, -0.2) is 12.4 Å². The zero-order valence-corrected chi connectivity index (χ0v) is 19.6. The molecule has 3 aromatic rings. The van der Waals surface area contributed by atoms with Gasteiger partial charge in [0.1, 0.15) is 0 Å². The molecule has 154 valence electrons. The predicted molar refractivity (Wildman–Crippen MR) is 121 cm³/mol. The minimum atomic E-state index is -3.75. The summed E-state index contributed by atoms with van der Waals surface area (Å²) >= 11 is 9.93. The van der Waals surface area contributed by atoms with Crippen molar-refractivity contribution in [3.8, 4) is 0 Å². The molecule has 8 heteroatoms. The first-order chi connectivity index (χ1) is 13.8. The van der Waals surface area contributed by atoms with Crippen molar-refractivity contribution in [3.63, 3.8) is 0 Å². The highest BCUT2D eigenvalue weighted by Crippen LogP contribution is 2.35. The quantitative estimate of drug-likeness (QED) is 0.539. The number of fused-ring (bicyclic) bond motifs is 1. The topological polar surface area (TPSA) is 45.5 Å². The van der Waals surface area contributed by atoms with Gasteiger partial charge in [0.05, 0.1) is 15.4 Å². The van der Waals surface area contributed by atoms with Crippen molar-refractivity contribution in [1.82, 2.24) is 13.8 Å². The van der Waals surface area contributed by atoms with Crippen molar-refractivity contribution in [2.75, 3.05) is 33.2 Å². The van der Waals surface area contributed by atoms with E-state index in [0.717, 1.165) is 47.3 Å². The lowest BCUT2D eigenvalue weighted by Crippen LogP contribution is -2.43. The zero-order valence-electron chi connectivity index (χ0n) is 16.4. The van der Waals surface area contributed by atoms with Crippen LogP contribution in [-0.4, -0.2) is 55.4 Å². The van der Waals surface area contributed by atoms with Crippen LogP contribution < -0.4 is 0 Å². The molecule has 1 fully saturated rings. The van der Waals surface area contributed by atoms with Crippen molar-refractivity contribution in [3.05, 3.63) is 63.2 Å². The molecule has 1 aliphatic rings. The van der Waals surface area contributed by atoms with E-state index in [1.165, 1.54) is 3.97 Å². The van der Waals surface area contributed by atoms with Gasteiger partial charge in [0.25, 0.3) is 10.0 Å². The Morgan fingerprint density at radius 1 is 1.03 bits per heavy atom. The Morgan fingerprint density at radius 3 is 2.34 bits per heavy atom. The van der Waals surface area contributed by atoms with Crippen molar-refractivity contribution in [2.24, 2.45) is 0 Å². The summed E-state index contributed by atoms with van der Waals surface area (Å²) in [4.78, 5) is 4.92. The fourth-order valence-electron chi connectivity index (χ4n) is 3.91. The Morgan fingerprint density at radius 2 is 1.69 bits per heavy atom. The van der Waals surface area contributed by atoms with Crippen molar-refractivity contribution >= 4 is 48.5 Å². The molecular weight excluding hydrogens is 474 g/mol. The number of likely N-dealkylation sites (N-methyl/N-ethyl adjacent to an activating group) is 1. The summed E-state index contributed by atoms with van der Waals surface area (Å²) in [6, 6.07) is 12.2. The minimum absolute atomic E-state index is 0.256. The van der Waals surface area contributed by atoms with E-state index >= 15 is 0 Å². The number of nitrogens with zero attached hydrogens (tertiary/aromatic N) is 3. The highest BCUT2D eigenvalue weighted by atomic mass is 79.9. The van der Waals surface area contributed by atoms with Crippen LogP contribution in [0, 0.1) is 6.92 Å². The standard InChI is InChI=1S/C21H23BrClN3O2S/c1-15-18(14-25-12-10-24(2)11-13-25)21-19(23)4-3-5-20(21)26(15)29(27,28)17-8-6-16(22)7-9-17/h3-9H,10-14H2,1-2H3. The van der Waals surface area contributed by atoms with Gasteiger partial charge in [-0.05, 0) is 55.9 Å². The van der Waals surface area contributed by atoms with Crippen LogP contribution in [0.2, 0.25) is 5.02 Å². The maximum absolute atomic E-state index is 13.5. The third-order valence-electron chi connectivity index (χ3n) is 5.58. The van der Waals surface area contributed by atoms with Gasteiger partial charge in [-0.1, -0.05) is 33.6 Å². The summed E-state index contributed by atoms with van der Waals surface area (Å²) in [5.74, 6) is 0. The van der Waals surface area contributed by atoms with Crippen LogP contribution in [-0.2, 0) is 16.6 Å². The predicted octanol–water partition coefficient (Wildman–Crippen LogP) is 4.35. The third kappa shape index (κ3) is 3.86. The van der Waals surface area contributed by atoms with Crippen LogP contribution in [0.4, 0.5) is 0 Å². The summed E-state index contributed by atoms with van der Waals surface area (Å²) in [6.45, 7) is 6.46. The fourth-order valence-corrected chi connectivity index (χ4v) is 6.03. The Hall–Kier alpha value is -1.38. The lowest BCUT2D eigenvalue weighted by molar-refractivity contribution is 0.148. The number of halogens is 2. The van der Waals surface area contributed by atoms with E-state index in [9.17, 15) is 8.42 Å². The largest absolute Gasteiger partial charge is 0.304 e. The molecule has 0 spiro atoms. The maximum atomic E-state index is 13.5. The number of rotatable bonds is 4. The Kier molecular flexibility index (Phi) is 5.79. The van der Waals surface area contributed by atoms with E-state index < -0.39 is 10.0 Å². The molecule has 2 heterocycles. The summed E-state index contributed by atoms with van der Waals surface area (Å²) in [7, 11) is -1.63. The second-order valence-electron chi connectivity index (χ2n) is 7.50. The van der Waals surface area contributed by atoms with Gasteiger partial charge in [-0.2, -0.15) is 0 Å². The second kappa shape index (κ2) is 8.04. The molecule has 0 amide bonds. The first-order valence-corrected chi connectivity index (χ1v) is 12.1. The lowest BCUT2D eigenvalue weighted by atomic mass is 10.1. The van der Waals surface area contributed by atoms with Crippen LogP contribution in [0.15, 0.2) is 51.8 Å². The van der Waals surface area contributed by atoms with Gasteiger partial charge >= 0.3 is 0 Å². The maximum Gasteiger partial charge on any atom is 0.268 e. The van der Waals surface area contributed by atoms with E-state index in [1.54, 1.807) is 30.3 Å². The van der Waals surface area contributed by atoms with Crippen molar-refractivity contribution in [2.45, 2.75) is 18.4 Å². The highest BCUT2D eigenvalue weighted by molar-refractivity contribution is 9.10. The third-order valence-corrected chi connectivity index (χ3v) is 8.25. The monoisotopic (exact) mass is 495 g/mol. The normalized spacial score (nSPS) is 16.6. The molecule has 0 saturated carbocycles. The molecule has 29 heavy (non-hydrogen) atoms. The molecule has 0 unspecified atom stereocenters. The number of hydrogen-bond acceptors (Lipinski definition) is 4. The molecule has 4 rings (SSSR count). The van der Waals surface area contributed by atoms with Gasteiger partial charge in [-0.3, -0.25) is 4.90 Å². The average Bonchev–Trinajstić information content (AvgIpc) is 2.97. The van der Waals surface area contributed by atoms with E-state index in [1.807, 2.05) is 19.1 Å². The van der Waals surface area contributed by atoms with Gasteiger partial charge in [0.2, 0.25) is 0 Å². The molecule has 2 aromatic carbocycles. The van der Waals surface area contributed by atoms with Crippen LogP contribution in [0.5, 0.6) is 0 Å². The van der Waals surface area contributed by atoms with Gasteiger partial charge in [0.15, 0.2) is 0 Å². The molecule has 0 N–H and O–H groups in total. The molecule has 1 aliphatic heterocycles. The Balaban J connectivity index is 1.86. The first kappa shape index (κ1) is 20.9. The molecule has 0 atom stereocenters. The Labute approximate surface area is 185 Å². The number of hydrogen-bond donors (Lipinski definition) is 0. The summed E-state index contributed by atoms with van der Waals surface area (Å²) < 4.78 is 29.3. The average molecular weight is 497 g/mol. The number of benzene rings is 2. The van der Waals surface area contributed by atoms with E-state index in [2.05, 4.69) is 32.8 Å². The molecule has 1 aromatic heterocycles. The number of piperazine rings is 1.